The zero-order chi connectivity index (χ0) is 11.5. The summed E-state index contributed by atoms with van der Waals surface area (Å²) < 4.78 is 5.13. The van der Waals surface area contributed by atoms with Gasteiger partial charge in [0, 0.05) is 0 Å². The van der Waals surface area contributed by atoms with Gasteiger partial charge in [-0.25, -0.2) is 0 Å². The van der Waals surface area contributed by atoms with Crippen LogP contribution in [0.4, 0.5) is 0 Å². The first-order chi connectivity index (χ1) is 7.28. The maximum Gasteiger partial charge on any atom is 0.119 e. The first-order valence-electron chi connectivity index (χ1n) is 5.91. The Bertz CT molecular complexity index is 243. The van der Waals surface area contributed by atoms with Crippen molar-refractivity contribution in [3.8, 4) is 5.75 Å². The van der Waals surface area contributed by atoms with Gasteiger partial charge in [-0.15, -0.1) is 0 Å². The third-order valence-electron chi connectivity index (χ3n) is 1.95. The topological polar surface area (TPSA) is 9.23 Å². The van der Waals surface area contributed by atoms with Crippen LogP contribution in [0.25, 0.3) is 0 Å². The molecular weight excluding hydrogens is 184 g/mol. The molecule has 0 saturated carbocycles. The van der Waals surface area contributed by atoms with E-state index in [0.29, 0.717) is 0 Å². The SMILES string of the molecule is CCC.CCCCc1cccc(OC)c1. The summed E-state index contributed by atoms with van der Waals surface area (Å²) in [7, 11) is 1.71. The predicted octanol–water partition coefficient (Wildman–Crippen LogP) is 4.45. The van der Waals surface area contributed by atoms with E-state index in [1.807, 2.05) is 12.1 Å². The van der Waals surface area contributed by atoms with Crippen LogP contribution in [-0.2, 0) is 6.42 Å². The number of aryl methyl sites for hydroxylation is 1. The molecule has 0 amide bonds. The van der Waals surface area contributed by atoms with Crippen molar-refractivity contribution in [3.05, 3.63) is 29.8 Å². The van der Waals surface area contributed by atoms with E-state index in [-0.39, 0.29) is 0 Å². The van der Waals surface area contributed by atoms with Crippen LogP contribution in [0.15, 0.2) is 24.3 Å². The first kappa shape index (κ1) is 14.0. The smallest absolute Gasteiger partial charge is 0.119 e. The van der Waals surface area contributed by atoms with Crippen molar-refractivity contribution >= 4 is 0 Å². The molecule has 0 aromatic heterocycles. The number of benzene rings is 1. The van der Waals surface area contributed by atoms with E-state index >= 15 is 0 Å². The molecule has 0 radical (unpaired) electrons. The maximum absolute atomic E-state index is 5.13. The molecule has 0 fully saturated rings. The van der Waals surface area contributed by atoms with Crippen molar-refractivity contribution in [3.63, 3.8) is 0 Å². The van der Waals surface area contributed by atoms with Crippen LogP contribution in [0.5, 0.6) is 5.75 Å². The molecule has 0 N–H and O–H groups in total. The van der Waals surface area contributed by atoms with Gasteiger partial charge in [-0.3, -0.25) is 0 Å². The zero-order valence-electron chi connectivity index (χ0n) is 10.5. The molecule has 0 aliphatic rings. The summed E-state index contributed by atoms with van der Waals surface area (Å²) in [5.41, 5.74) is 1.37. The number of unbranched alkanes of at least 4 members (excludes halogenated alkanes) is 1. The molecule has 1 rings (SSSR count). The fraction of sp³-hybridized carbons (Fsp3) is 0.571. The molecule has 0 heterocycles. The fourth-order valence-corrected chi connectivity index (χ4v) is 1.21. The molecule has 15 heavy (non-hydrogen) atoms. The van der Waals surface area contributed by atoms with Crippen molar-refractivity contribution in [1.82, 2.24) is 0 Å². The number of ether oxygens (including phenoxy) is 1. The minimum Gasteiger partial charge on any atom is -0.497 e. The third kappa shape index (κ3) is 7.01. The van der Waals surface area contributed by atoms with Gasteiger partial charge >= 0.3 is 0 Å². The maximum atomic E-state index is 5.13. The van der Waals surface area contributed by atoms with Gasteiger partial charge in [0.05, 0.1) is 7.11 Å². The average Bonchev–Trinajstić information content (AvgIpc) is 2.28. The van der Waals surface area contributed by atoms with E-state index in [1.165, 1.54) is 24.8 Å². The van der Waals surface area contributed by atoms with Crippen molar-refractivity contribution in [2.75, 3.05) is 7.11 Å². The van der Waals surface area contributed by atoms with Crippen LogP contribution in [-0.4, -0.2) is 7.11 Å². The number of hydrogen-bond acceptors (Lipinski definition) is 1. The van der Waals surface area contributed by atoms with Gasteiger partial charge in [0.1, 0.15) is 5.75 Å². The highest BCUT2D eigenvalue weighted by atomic mass is 16.5. The lowest BCUT2D eigenvalue weighted by molar-refractivity contribution is 0.414. The molecule has 1 aromatic rings. The molecular formula is C14H24O. The monoisotopic (exact) mass is 208 g/mol. The zero-order valence-corrected chi connectivity index (χ0v) is 10.5. The van der Waals surface area contributed by atoms with E-state index in [1.54, 1.807) is 7.11 Å². The van der Waals surface area contributed by atoms with Crippen molar-refractivity contribution in [1.29, 1.82) is 0 Å². The quantitative estimate of drug-likeness (QED) is 0.710. The molecule has 0 bridgehead atoms. The summed E-state index contributed by atoms with van der Waals surface area (Å²) in [4.78, 5) is 0. The van der Waals surface area contributed by atoms with Crippen molar-refractivity contribution < 1.29 is 4.74 Å². The van der Waals surface area contributed by atoms with E-state index < -0.39 is 0 Å². The molecule has 0 saturated heterocycles. The molecule has 0 atom stereocenters. The fourth-order valence-electron chi connectivity index (χ4n) is 1.21. The molecule has 0 spiro atoms. The Kier molecular flexibility index (Phi) is 8.95. The highest BCUT2D eigenvalue weighted by Crippen LogP contribution is 2.14. The Balaban J connectivity index is 0.000000583. The Labute approximate surface area is 94.5 Å². The average molecular weight is 208 g/mol. The van der Waals surface area contributed by atoms with Gasteiger partial charge in [-0.2, -0.15) is 0 Å². The number of methoxy groups -OCH3 is 1. The molecule has 0 aliphatic heterocycles. The van der Waals surface area contributed by atoms with Gasteiger partial charge in [0.25, 0.3) is 0 Å². The van der Waals surface area contributed by atoms with Crippen LogP contribution in [0.1, 0.15) is 45.6 Å². The number of rotatable bonds is 4. The van der Waals surface area contributed by atoms with Crippen LogP contribution in [0, 0.1) is 0 Å². The minimum atomic E-state index is 0.962. The van der Waals surface area contributed by atoms with Crippen molar-refractivity contribution in [2.45, 2.75) is 46.5 Å². The molecule has 0 unspecified atom stereocenters. The third-order valence-corrected chi connectivity index (χ3v) is 1.95. The van der Waals surface area contributed by atoms with Gasteiger partial charge in [-0.1, -0.05) is 45.7 Å². The Hall–Kier alpha value is -0.980. The van der Waals surface area contributed by atoms with E-state index in [4.69, 9.17) is 4.74 Å². The molecule has 1 heteroatoms. The summed E-state index contributed by atoms with van der Waals surface area (Å²) in [6.45, 7) is 6.46. The largest absolute Gasteiger partial charge is 0.497 e. The normalized spacial score (nSPS) is 9.07. The molecule has 1 nitrogen and oxygen atoms in total. The standard InChI is InChI=1S/C11H16O.C3H8/c1-3-4-6-10-7-5-8-11(9-10)12-2;1-3-2/h5,7-9H,3-4,6H2,1-2H3;3H2,1-2H3. The van der Waals surface area contributed by atoms with E-state index in [9.17, 15) is 0 Å². The summed E-state index contributed by atoms with van der Waals surface area (Å²) >= 11 is 0. The van der Waals surface area contributed by atoms with Gasteiger partial charge in [0.15, 0.2) is 0 Å². The lowest BCUT2D eigenvalue weighted by atomic mass is 10.1. The minimum absolute atomic E-state index is 0.962. The van der Waals surface area contributed by atoms with Crippen LogP contribution < -0.4 is 4.74 Å². The first-order valence-corrected chi connectivity index (χ1v) is 5.91. The number of hydrogen-bond donors (Lipinski definition) is 0. The highest BCUT2D eigenvalue weighted by Gasteiger charge is 1.94. The second kappa shape index (κ2) is 9.57. The van der Waals surface area contributed by atoms with Gasteiger partial charge in [-0.05, 0) is 30.5 Å². The molecule has 1 aromatic carbocycles. The van der Waals surface area contributed by atoms with Gasteiger partial charge < -0.3 is 4.74 Å². The Morgan fingerprint density at radius 1 is 1.13 bits per heavy atom. The predicted molar refractivity (Wildman–Crippen MR) is 67.6 cm³/mol. The van der Waals surface area contributed by atoms with Crippen LogP contribution in [0.3, 0.4) is 0 Å². The lowest BCUT2D eigenvalue weighted by Crippen LogP contribution is -1.87. The molecule has 86 valence electrons. The van der Waals surface area contributed by atoms with Crippen LogP contribution in [0.2, 0.25) is 0 Å². The summed E-state index contributed by atoms with van der Waals surface area (Å²) in [5, 5.41) is 0. The second-order valence-electron chi connectivity index (χ2n) is 3.66. The van der Waals surface area contributed by atoms with E-state index in [0.717, 1.165) is 12.2 Å². The summed E-state index contributed by atoms with van der Waals surface area (Å²) in [6.07, 6.45) is 4.91. The van der Waals surface area contributed by atoms with Crippen molar-refractivity contribution in [2.24, 2.45) is 0 Å². The van der Waals surface area contributed by atoms with Crippen LogP contribution >= 0.6 is 0 Å². The Morgan fingerprint density at radius 3 is 2.33 bits per heavy atom. The molecule has 0 aliphatic carbocycles. The Morgan fingerprint density at radius 2 is 1.80 bits per heavy atom. The summed E-state index contributed by atoms with van der Waals surface area (Å²) in [5.74, 6) is 0.962. The van der Waals surface area contributed by atoms with E-state index in [2.05, 4.69) is 32.9 Å². The van der Waals surface area contributed by atoms with Gasteiger partial charge in [0.2, 0.25) is 0 Å². The second-order valence-corrected chi connectivity index (χ2v) is 3.66. The lowest BCUT2D eigenvalue weighted by Gasteiger charge is -2.02. The summed E-state index contributed by atoms with van der Waals surface area (Å²) in [6, 6.07) is 8.28. The highest BCUT2D eigenvalue weighted by molar-refractivity contribution is 5.28.